The second-order valence-corrected chi connectivity index (χ2v) is 6.76. The Hall–Kier alpha value is -2.66. The first-order chi connectivity index (χ1) is 12.1. The molecule has 2 aliphatic rings. The lowest BCUT2D eigenvalue weighted by molar-refractivity contribution is 0.0985. The van der Waals surface area contributed by atoms with Gasteiger partial charge in [0.25, 0.3) is 5.54 Å². The van der Waals surface area contributed by atoms with E-state index in [4.69, 9.17) is 11.3 Å². The highest BCUT2D eigenvalue weighted by Crippen LogP contribution is 2.49. The zero-order chi connectivity index (χ0) is 17.4. The van der Waals surface area contributed by atoms with Crippen molar-refractivity contribution in [2.75, 3.05) is 30.0 Å². The Balaban J connectivity index is 1.71. The molecular formula is C17H21N7O. The summed E-state index contributed by atoms with van der Waals surface area (Å²) in [6.45, 7) is 13.7. The maximum absolute atomic E-state index is 7.55. The number of anilines is 3. The summed E-state index contributed by atoms with van der Waals surface area (Å²) in [5, 5.41) is 10.2. The maximum Gasteiger partial charge on any atom is 0.274 e. The van der Waals surface area contributed by atoms with Crippen molar-refractivity contribution in [1.82, 2.24) is 20.2 Å². The molecule has 0 radical (unpaired) electrons. The minimum Gasteiger partial charge on any atom is -0.377 e. The van der Waals surface area contributed by atoms with E-state index in [9.17, 15) is 0 Å². The quantitative estimate of drug-likeness (QED) is 0.832. The summed E-state index contributed by atoms with van der Waals surface area (Å²) < 4.78 is 5.53. The van der Waals surface area contributed by atoms with Gasteiger partial charge in [-0.15, -0.1) is 0 Å². The Morgan fingerprint density at radius 3 is 2.88 bits per heavy atom. The predicted octanol–water partition coefficient (Wildman–Crippen LogP) is 2.39. The van der Waals surface area contributed by atoms with Crippen molar-refractivity contribution >= 4 is 17.6 Å². The molecule has 2 aromatic rings. The van der Waals surface area contributed by atoms with Gasteiger partial charge in [-0.3, -0.25) is 5.10 Å². The summed E-state index contributed by atoms with van der Waals surface area (Å²) in [5.74, 6) is 1.99. The summed E-state index contributed by atoms with van der Waals surface area (Å²) in [6, 6.07) is 4.10. The van der Waals surface area contributed by atoms with Crippen LogP contribution in [0.2, 0.25) is 0 Å². The summed E-state index contributed by atoms with van der Waals surface area (Å²) in [7, 11) is 0. The molecule has 2 N–H and O–H groups in total. The molecule has 130 valence electrons. The van der Waals surface area contributed by atoms with Crippen molar-refractivity contribution < 1.29 is 4.74 Å². The van der Waals surface area contributed by atoms with E-state index in [1.807, 2.05) is 19.1 Å². The molecule has 0 aromatic carbocycles. The van der Waals surface area contributed by atoms with Crippen LogP contribution in [0.15, 0.2) is 12.1 Å². The van der Waals surface area contributed by atoms with Gasteiger partial charge in [-0.2, -0.15) is 10.1 Å². The second kappa shape index (κ2) is 6.01. The van der Waals surface area contributed by atoms with Gasteiger partial charge in [0.05, 0.1) is 19.3 Å². The van der Waals surface area contributed by atoms with Crippen molar-refractivity contribution in [3.8, 4) is 0 Å². The number of morpholine rings is 1. The molecule has 0 spiro atoms. The number of rotatable bonds is 4. The van der Waals surface area contributed by atoms with E-state index in [0.717, 1.165) is 36.6 Å². The van der Waals surface area contributed by atoms with Gasteiger partial charge < -0.3 is 19.8 Å². The first-order valence-corrected chi connectivity index (χ1v) is 8.51. The molecule has 1 saturated carbocycles. The van der Waals surface area contributed by atoms with Crippen molar-refractivity contribution in [3.05, 3.63) is 34.9 Å². The number of ether oxygens (including phenoxy) is 1. The Morgan fingerprint density at radius 1 is 1.40 bits per heavy atom. The van der Waals surface area contributed by atoms with Gasteiger partial charge in [-0.25, -0.2) is 11.6 Å². The molecule has 1 saturated heterocycles. The van der Waals surface area contributed by atoms with Crippen molar-refractivity contribution in [3.63, 3.8) is 0 Å². The number of hydrogen-bond acceptors (Lipinski definition) is 6. The van der Waals surface area contributed by atoms with E-state index >= 15 is 0 Å². The minimum atomic E-state index is -0.481. The number of aromatic nitrogens is 4. The normalized spacial score (nSPS) is 21.6. The van der Waals surface area contributed by atoms with E-state index in [-0.39, 0.29) is 6.04 Å². The van der Waals surface area contributed by atoms with Crippen LogP contribution in [-0.4, -0.2) is 46.0 Å². The molecule has 2 fully saturated rings. The van der Waals surface area contributed by atoms with Crippen LogP contribution in [0.25, 0.3) is 4.85 Å². The van der Waals surface area contributed by atoms with Gasteiger partial charge in [0.2, 0.25) is 5.95 Å². The van der Waals surface area contributed by atoms with E-state index < -0.39 is 5.54 Å². The zero-order valence-electron chi connectivity index (χ0n) is 14.4. The number of nitrogens with one attached hydrogen (secondary N) is 2. The highest BCUT2D eigenvalue weighted by molar-refractivity contribution is 5.54. The van der Waals surface area contributed by atoms with Crippen molar-refractivity contribution in [2.24, 2.45) is 0 Å². The molecule has 1 aliphatic carbocycles. The first-order valence-electron chi connectivity index (χ1n) is 8.51. The highest BCUT2D eigenvalue weighted by atomic mass is 16.5. The van der Waals surface area contributed by atoms with E-state index in [2.05, 4.69) is 42.2 Å². The molecule has 0 unspecified atom stereocenters. The lowest BCUT2D eigenvalue weighted by Crippen LogP contribution is -2.44. The van der Waals surface area contributed by atoms with Crippen LogP contribution in [-0.2, 0) is 10.3 Å². The summed E-state index contributed by atoms with van der Waals surface area (Å²) in [6.07, 6.45) is 1.71. The SMILES string of the molecule is [C-]#[N+]C1(c2cc(N3CCOC[C@H]3C)nc(Nc3cc(C)[nH]n3)n2)CC1. The zero-order valence-corrected chi connectivity index (χ0v) is 14.4. The van der Waals surface area contributed by atoms with Crippen LogP contribution in [0.1, 0.15) is 31.2 Å². The molecule has 0 bridgehead atoms. The van der Waals surface area contributed by atoms with Gasteiger partial charge in [-0.05, 0) is 13.8 Å². The lowest BCUT2D eigenvalue weighted by atomic mass is 10.1. The lowest BCUT2D eigenvalue weighted by Gasteiger charge is -2.34. The second-order valence-electron chi connectivity index (χ2n) is 6.76. The maximum atomic E-state index is 7.55. The average molecular weight is 339 g/mol. The smallest absolute Gasteiger partial charge is 0.274 e. The fraction of sp³-hybridized carbons (Fsp3) is 0.529. The Morgan fingerprint density at radius 2 is 2.24 bits per heavy atom. The van der Waals surface area contributed by atoms with Gasteiger partial charge in [0.15, 0.2) is 5.82 Å². The number of nitrogens with zero attached hydrogens (tertiary/aromatic N) is 5. The van der Waals surface area contributed by atoms with Gasteiger partial charge in [-0.1, -0.05) is 0 Å². The van der Waals surface area contributed by atoms with Crippen molar-refractivity contribution in [2.45, 2.75) is 38.3 Å². The van der Waals surface area contributed by atoms with E-state index in [1.54, 1.807) is 0 Å². The molecule has 3 heterocycles. The van der Waals surface area contributed by atoms with Crippen LogP contribution in [0.3, 0.4) is 0 Å². The molecule has 2 aromatic heterocycles. The van der Waals surface area contributed by atoms with Crippen LogP contribution in [0.5, 0.6) is 0 Å². The highest BCUT2D eigenvalue weighted by Gasteiger charge is 2.54. The number of hydrogen-bond donors (Lipinski definition) is 2. The third kappa shape index (κ3) is 3.03. The molecular weight excluding hydrogens is 318 g/mol. The molecule has 25 heavy (non-hydrogen) atoms. The van der Waals surface area contributed by atoms with E-state index in [0.29, 0.717) is 25.0 Å². The van der Waals surface area contributed by atoms with Crippen molar-refractivity contribution in [1.29, 1.82) is 0 Å². The minimum absolute atomic E-state index is 0.236. The van der Waals surface area contributed by atoms with Gasteiger partial charge in [0.1, 0.15) is 11.5 Å². The van der Waals surface area contributed by atoms with Crippen LogP contribution in [0, 0.1) is 13.5 Å². The first kappa shape index (κ1) is 15.8. The molecule has 1 atom stereocenters. The van der Waals surface area contributed by atoms with Crippen LogP contribution < -0.4 is 10.2 Å². The summed E-state index contributed by atoms with van der Waals surface area (Å²) in [5.41, 5.74) is 1.27. The molecule has 0 amide bonds. The van der Waals surface area contributed by atoms with E-state index in [1.165, 1.54) is 0 Å². The van der Waals surface area contributed by atoms with Gasteiger partial charge >= 0.3 is 0 Å². The number of aromatic amines is 1. The topological polar surface area (TPSA) is 83.3 Å². The summed E-state index contributed by atoms with van der Waals surface area (Å²) in [4.78, 5) is 15.3. The fourth-order valence-corrected chi connectivity index (χ4v) is 3.08. The van der Waals surface area contributed by atoms with Gasteiger partial charge in [0, 0.05) is 37.2 Å². The monoisotopic (exact) mass is 339 g/mol. The largest absolute Gasteiger partial charge is 0.377 e. The summed E-state index contributed by atoms with van der Waals surface area (Å²) >= 11 is 0. The third-order valence-corrected chi connectivity index (χ3v) is 4.73. The molecule has 4 rings (SSSR count). The molecule has 1 aliphatic heterocycles. The fourth-order valence-electron chi connectivity index (χ4n) is 3.08. The number of H-pyrrole nitrogens is 1. The molecule has 8 heteroatoms. The number of aryl methyl sites for hydroxylation is 1. The van der Waals surface area contributed by atoms with Crippen LogP contribution >= 0.6 is 0 Å². The Bertz CT molecular complexity index is 821. The van der Waals surface area contributed by atoms with Crippen LogP contribution in [0.4, 0.5) is 17.6 Å². The standard InChI is InChI=1S/C17H21N7O/c1-11-8-14(23-22-11)20-16-19-13(17(18-3)4-5-17)9-15(21-16)24-6-7-25-10-12(24)2/h8-9,12H,4-7,10H2,1-2H3,(H2,19,20,21,22,23)/t12-/m1/s1. The molecule has 8 nitrogen and oxygen atoms in total. The predicted molar refractivity (Wildman–Crippen MR) is 93.8 cm³/mol. The Kier molecular flexibility index (Phi) is 3.81. The average Bonchev–Trinajstić information content (AvgIpc) is 3.32. The Labute approximate surface area is 146 Å². The third-order valence-electron chi connectivity index (χ3n) is 4.73.